The molecule has 1 aromatic carbocycles. The van der Waals surface area contributed by atoms with Crippen molar-refractivity contribution in [1.82, 2.24) is 15.2 Å². The maximum Gasteiger partial charge on any atom is 0.323 e. The summed E-state index contributed by atoms with van der Waals surface area (Å²) in [5.74, 6) is 0.353. The quantitative estimate of drug-likeness (QED) is 0.739. The molecule has 1 saturated heterocycles. The molecule has 2 fully saturated rings. The number of esters is 1. The standard InChI is InChI=1S/C24H31N3O3/c1-2-30-24(29)22-14-20(16-27(22)15-17-7-4-3-5-8-17)26-23(28)19-11-10-18-9-6-12-25-21(18)13-19/h6,9-13,17,20,22H,2-5,7-8,14-16H2,1H3,(H,26,28). The molecule has 1 aromatic heterocycles. The first-order valence-corrected chi connectivity index (χ1v) is 11.2. The average Bonchev–Trinajstić information content (AvgIpc) is 3.16. The van der Waals surface area contributed by atoms with E-state index in [1.807, 2.05) is 37.3 Å². The Kier molecular flexibility index (Phi) is 6.62. The maximum absolute atomic E-state index is 12.9. The van der Waals surface area contributed by atoms with Crippen molar-refractivity contribution >= 4 is 22.8 Å². The second-order valence-corrected chi connectivity index (χ2v) is 8.54. The molecule has 30 heavy (non-hydrogen) atoms. The summed E-state index contributed by atoms with van der Waals surface area (Å²) in [6.45, 7) is 3.83. The molecule has 6 nitrogen and oxygen atoms in total. The van der Waals surface area contributed by atoms with Crippen LogP contribution in [0.3, 0.4) is 0 Å². The van der Waals surface area contributed by atoms with Gasteiger partial charge in [-0.3, -0.25) is 19.5 Å². The first-order chi connectivity index (χ1) is 14.6. The molecule has 2 atom stereocenters. The Bertz CT molecular complexity index is 894. The average molecular weight is 410 g/mol. The molecule has 2 aliphatic rings. The summed E-state index contributed by atoms with van der Waals surface area (Å²) in [7, 11) is 0. The van der Waals surface area contributed by atoms with Crippen LogP contribution in [0.15, 0.2) is 36.5 Å². The van der Waals surface area contributed by atoms with Gasteiger partial charge in [-0.05, 0) is 50.3 Å². The van der Waals surface area contributed by atoms with E-state index in [2.05, 4.69) is 15.2 Å². The number of hydrogen-bond donors (Lipinski definition) is 1. The predicted octanol–water partition coefficient (Wildman–Crippen LogP) is 3.55. The number of hydrogen-bond acceptors (Lipinski definition) is 5. The molecule has 1 saturated carbocycles. The largest absolute Gasteiger partial charge is 0.465 e. The highest BCUT2D eigenvalue weighted by Crippen LogP contribution is 2.28. The first kappa shape index (κ1) is 20.8. The number of likely N-dealkylation sites (tertiary alicyclic amines) is 1. The second-order valence-electron chi connectivity index (χ2n) is 8.54. The Labute approximate surface area is 178 Å². The molecule has 1 amide bonds. The zero-order valence-corrected chi connectivity index (χ0v) is 17.7. The lowest BCUT2D eigenvalue weighted by Crippen LogP contribution is -2.41. The van der Waals surface area contributed by atoms with E-state index in [9.17, 15) is 9.59 Å². The molecule has 2 heterocycles. The minimum atomic E-state index is -0.268. The molecule has 1 aliphatic carbocycles. The zero-order valence-electron chi connectivity index (χ0n) is 17.7. The summed E-state index contributed by atoms with van der Waals surface area (Å²) >= 11 is 0. The van der Waals surface area contributed by atoms with Gasteiger partial charge in [-0.15, -0.1) is 0 Å². The van der Waals surface area contributed by atoms with Crippen LogP contribution in [0.25, 0.3) is 10.9 Å². The topological polar surface area (TPSA) is 71.5 Å². The summed E-state index contributed by atoms with van der Waals surface area (Å²) in [4.78, 5) is 32.0. The third-order valence-electron chi connectivity index (χ3n) is 6.38. The number of nitrogens with zero attached hydrogens (tertiary/aromatic N) is 2. The summed E-state index contributed by atoms with van der Waals surface area (Å²) in [5.41, 5.74) is 1.40. The van der Waals surface area contributed by atoms with Crippen molar-refractivity contribution in [2.24, 2.45) is 5.92 Å². The monoisotopic (exact) mass is 409 g/mol. The summed E-state index contributed by atoms with van der Waals surface area (Å²) in [6, 6.07) is 9.11. The van der Waals surface area contributed by atoms with Crippen LogP contribution < -0.4 is 5.32 Å². The van der Waals surface area contributed by atoms with E-state index in [0.29, 0.717) is 31.1 Å². The number of fused-ring (bicyclic) bond motifs is 1. The number of benzene rings is 1. The van der Waals surface area contributed by atoms with Crippen LogP contribution in [-0.2, 0) is 9.53 Å². The highest BCUT2D eigenvalue weighted by molar-refractivity contribution is 5.98. The zero-order chi connectivity index (χ0) is 20.9. The number of aromatic nitrogens is 1. The fraction of sp³-hybridized carbons (Fsp3) is 0.542. The molecule has 0 spiro atoms. The number of carbonyl (C=O) groups excluding carboxylic acids is 2. The molecule has 0 radical (unpaired) electrons. The molecule has 6 heteroatoms. The third-order valence-corrected chi connectivity index (χ3v) is 6.38. The van der Waals surface area contributed by atoms with Gasteiger partial charge in [-0.1, -0.05) is 31.4 Å². The number of rotatable bonds is 6. The fourth-order valence-corrected chi connectivity index (χ4v) is 4.87. The molecule has 1 N–H and O–H groups in total. The lowest BCUT2D eigenvalue weighted by molar-refractivity contribution is -0.148. The summed E-state index contributed by atoms with van der Waals surface area (Å²) < 4.78 is 5.33. The fourth-order valence-electron chi connectivity index (χ4n) is 4.87. The highest BCUT2D eigenvalue weighted by atomic mass is 16.5. The number of nitrogens with one attached hydrogen (secondary N) is 1. The van der Waals surface area contributed by atoms with Gasteiger partial charge in [0.25, 0.3) is 5.91 Å². The van der Waals surface area contributed by atoms with E-state index in [4.69, 9.17) is 4.74 Å². The van der Waals surface area contributed by atoms with Gasteiger partial charge < -0.3 is 10.1 Å². The summed E-state index contributed by atoms with van der Waals surface area (Å²) in [6.07, 6.45) is 8.66. The number of carbonyl (C=O) groups is 2. The Morgan fingerprint density at radius 3 is 2.83 bits per heavy atom. The van der Waals surface area contributed by atoms with Gasteiger partial charge >= 0.3 is 5.97 Å². The van der Waals surface area contributed by atoms with E-state index < -0.39 is 0 Å². The van der Waals surface area contributed by atoms with Gasteiger partial charge in [-0.25, -0.2) is 0 Å². The van der Waals surface area contributed by atoms with E-state index in [0.717, 1.165) is 17.4 Å². The predicted molar refractivity (Wildman–Crippen MR) is 116 cm³/mol. The third kappa shape index (κ3) is 4.81. The van der Waals surface area contributed by atoms with Crippen LogP contribution in [0.5, 0.6) is 0 Å². The van der Waals surface area contributed by atoms with Crippen molar-refractivity contribution in [2.75, 3.05) is 19.7 Å². The molecule has 160 valence electrons. The minimum Gasteiger partial charge on any atom is -0.465 e. The minimum absolute atomic E-state index is 0.0603. The Balaban J connectivity index is 1.43. The van der Waals surface area contributed by atoms with Gasteiger partial charge in [-0.2, -0.15) is 0 Å². The Hall–Kier alpha value is -2.47. The molecule has 2 aromatic rings. The molecule has 4 rings (SSSR count). The number of pyridine rings is 1. The van der Waals surface area contributed by atoms with Crippen molar-refractivity contribution in [1.29, 1.82) is 0 Å². The molecule has 0 bridgehead atoms. The van der Waals surface area contributed by atoms with Gasteiger partial charge in [0.05, 0.1) is 12.1 Å². The van der Waals surface area contributed by atoms with Crippen molar-refractivity contribution < 1.29 is 14.3 Å². The lowest BCUT2D eigenvalue weighted by Gasteiger charge is -2.29. The van der Waals surface area contributed by atoms with E-state index in [1.54, 1.807) is 6.20 Å². The maximum atomic E-state index is 12.9. The number of ether oxygens (including phenoxy) is 1. The van der Waals surface area contributed by atoms with E-state index >= 15 is 0 Å². The second kappa shape index (κ2) is 9.56. The Morgan fingerprint density at radius 2 is 2.03 bits per heavy atom. The SMILES string of the molecule is CCOC(=O)C1CC(NC(=O)c2ccc3cccnc3c2)CN1CC1CCCCC1. The van der Waals surface area contributed by atoms with Gasteiger partial charge in [0.15, 0.2) is 0 Å². The highest BCUT2D eigenvalue weighted by Gasteiger charge is 2.39. The van der Waals surface area contributed by atoms with Crippen molar-refractivity contribution in [3.05, 3.63) is 42.1 Å². The molecular weight excluding hydrogens is 378 g/mol. The van der Waals surface area contributed by atoms with Crippen molar-refractivity contribution in [3.63, 3.8) is 0 Å². The van der Waals surface area contributed by atoms with Crippen LogP contribution in [0.1, 0.15) is 55.8 Å². The molecular formula is C24H31N3O3. The van der Waals surface area contributed by atoms with Gasteiger partial charge in [0, 0.05) is 36.3 Å². The van der Waals surface area contributed by atoms with Gasteiger partial charge in [0.2, 0.25) is 0 Å². The van der Waals surface area contributed by atoms with E-state index in [1.165, 1.54) is 32.1 Å². The van der Waals surface area contributed by atoms with Crippen molar-refractivity contribution in [2.45, 2.75) is 57.5 Å². The van der Waals surface area contributed by atoms with Crippen LogP contribution >= 0.6 is 0 Å². The molecule has 1 aliphatic heterocycles. The smallest absolute Gasteiger partial charge is 0.323 e. The van der Waals surface area contributed by atoms with Gasteiger partial charge in [0.1, 0.15) is 6.04 Å². The van der Waals surface area contributed by atoms with Crippen LogP contribution in [-0.4, -0.2) is 53.5 Å². The number of amides is 1. The normalized spacial score (nSPS) is 22.8. The van der Waals surface area contributed by atoms with Crippen LogP contribution in [0.4, 0.5) is 0 Å². The lowest BCUT2D eigenvalue weighted by atomic mass is 9.89. The van der Waals surface area contributed by atoms with E-state index in [-0.39, 0.29) is 24.0 Å². The Morgan fingerprint density at radius 1 is 1.20 bits per heavy atom. The van der Waals surface area contributed by atoms with Crippen LogP contribution in [0.2, 0.25) is 0 Å². The van der Waals surface area contributed by atoms with Crippen LogP contribution in [0, 0.1) is 5.92 Å². The first-order valence-electron chi connectivity index (χ1n) is 11.2. The molecule has 2 unspecified atom stereocenters. The van der Waals surface area contributed by atoms with Crippen molar-refractivity contribution in [3.8, 4) is 0 Å². The summed E-state index contributed by atoms with van der Waals surface area (Å²) in [5, 5.41) is 4.15.